The summed E-state index contributed by atoms with van der Waals surface area (Å²) in [5.41, 5.74) is 0.290. The van der Waals surface area contributed by atoms with E-state index in [1.807, 2.05) is 30.0 Å². The molecule has 1 aliphatic heterocycles. The number of aryl methyl sites for hydroxylation is 1. The van der Waals surface area contributed by atoms with Crippen LogP contribution in [-0.4, -0.2) is 33.7 Å². The van der Waals surface area contributed by atoms with Crippen molar-refractivity contribution in [2.45, 2.75) is 39.2 Å². The second-order valence-corrected chi connectivity index (χ2v) is 5.78. The summed E-state index contributed by atoms with van der Waals surface area (Å²) in [6.07, 6.45) is 4.06. The van der Waals surface area contributed by atoms with Crippen LogP contribution in [0.5, 0.6) is 0 Å². The fraction of sp³-hybridized carbons (Fsp3) is 0.471. The number of piperidine rings is 1. The van der Waals surface area contributed by atoms with Gasteiger partial charge in [0, 0.05) is 25.0 Å². The van der Waals surface area contributed by atoms with Gasteiger partial charge in [-0.1, -0.05) is 25.1 Å². The third-order valence-electron chi connectivity index (χ3n) is 4.15. The van der Waals surface area contributed by atoms with E-state index in [1.165, 1.54) is 11.1 Å². The highest BCUT2D eigenvalue weighted by atomic mass is 16.2. The number of likely N-dealkylation sites (tertiary alicyclic amines) is 1. The molecule has 5 nitrogen and oxygen atoms in total. The summed E-state index contributed by atoms with van der Waals surface area (Å²) in [5, 5.41) is 5.62. The van der Waals surface area contributed by atoms with Crippen molar-refractivity contribution < 1.29 is 4.79 Å². The molecule has 0 bridgehead atoms. The molecule has 2 aromatic rings. The Morgan fingerprint density at radius 3 is 2.50 bits per heavy atom. The molecule has 0 saturated carbocycles. The van der Waals surface area contributed by atoms with Gasteiger partial charge in [-0.15, -0.1) is 0 Å². The zero-order chi connectivity index (χ0) is 15.5. The average Bonchev–Trinajstić information content (AvgIpc) is 2.58. The number of hydrogen-bond donors (Lipinski definition) is 0. The molecule has 0 spiro atoms. The Hall–Kier alpha value is -2.17. The van der Waals surface area contributed by atoms with E-state index in [1.54, 1.807) is 6.07 Å². The molecule has 1 aromatic heterocycles. The van der Waals surface area contributed by atoms with E-state index in [0.717, 1.165) is 32.4 Å². The predicted octanol–water partition coefficient (Wildman–Crippen LogP) is 2.43. The zero-order valence-electron chi connectivity index (χ0n) is 12.9. The molecule has 5 heteroatoms. The van der Waals surface area contributed by atoms with Gasteiger partial charge in [0.2, 0.25) is 0 Å². The van der Waals surface area contributed by atoms with Crippen LogP contribution in [0.15, 0.2) is 29.1 Å². The van der Waals surface area contributed by atoms with Crippen LogP contribution in [0.4, 0.5) is 0 Å². The lowest BCUT2D eigenvalue weighted by Gasteiger charge is -2.26. The second kappa shape index (κ2) is 6.30. The maximum absolute atomic E-state index is 12.8. The van der Waals surface area contributed by atoms with E-state index in [4.69, 9.17) is 0 Å². The fourth-order valence-corrected chi connectivity index (χ4v) is 3.00. The van der Waals surface area contributed by atoms with Gasteiger partial charge >= 0.3 is 0 Å². The molecule has 22 heavy (non-hydrogen) atoms. The molecule has 1 fully saturated rings. The summed E-state index contributed by atoms with van der Waals surface area (Å²) >= 11 is 0. The first-order valence-electron chi connectivity index (χ1n) is 8.01. The molecular weight excluding hydrogens is 278 g/mol. The number of aromatic nitrogens is 2. The van der Waals surface area contributed by atoms with Crippen LogP contribution < -0.4 is 5.56 Å². The third-order valence-corrected chi connectivity index (χ3v) is 4.15. The van der Waals surface area contributed by atoms with Crippen molar-refractivity contribution in [2.24, 2.45) is 0 Å². The topological polar surface area (TPSA) is 55.2 Å². The number of carbonyl (C=O) groups excluding carboxylic acids is 1. The van der Waals surface area contributed by atoms with Gasteiger partial charge in [-0.25, -0.2) is 4.68 Å². The fourth-order valence-electron chi connectivity index (χ4n) is 3.00. The van der Waals surface area contributed by atoms with E-state index in [0.29, 0.717) is 23.0 Å². The Kier molecular flexibility index (Phi) is 4.22. The molecular formula is C17H21N3O2. The molecule has 116 valence electrons. The smallest absolute Gasteiger partial charge is 0.274 e. The van der Waals surface area contributed by atoms with Crippen molar-refractivity contribution in [3.05, 3.63) is 40.3 Å². The summed E-state index contributed by atoms with van der Waals surface area (Å²) in [7, 11) is 0. The standard InChI is InChI=1S/C17H21N3O2/c1-2-10-20-16(21)14-9-5-4-8-13(14)15(18-20)17(22)19-11-6-3-7-12-19/h4-5,8-9H,2-3,6-7,10-12H2,1H3. The highest BCUT2D eigenvalue weighted by molar-refractivity contribution is 6.04. The van der Waals surface area contributed by atoms with Crippen LogP contribution in [-0.2, 0) is 6.54 Å². The van der Waals surface area contributed by atoms with Crippen molar-refractivity contribution in [1.29, 1.82) is 0 Å². The predicted molar refractivity (Wildman–Crippen MR) is 86.0 cm³/mol. The minimum Gasteiger partial charge on any atom is -0.337 e. The molecule has 0 unspecified atom stereocenters. The normalized spacial score (nSPS) is 15.2. The molecule has 1 amide bonds. The molecule has 1 saturated heterocycles. The lowest BCUT2D eigenvalue weighted by molar-refractivity contribution is 0.0718. The average molecular weight is 299 g/mol. The lowest BCUT2D eigenvalue weighted by atomic mass is 10.1. The third kappa shape index (κ3) is 2.63. The van der Waals surface area contributed by atoms with Crippen molar-refractivity contribution in [1.82, 2.24) is 14.7 Å². The highest BCUT2D eigenvalue weighted by Crippen LogP contribution is 2.18. The number of carbonyl (C=O) groups is 1. The van der Waals surface area contributed by atoms with Gasteiger partial charge in [0.05, 0.1) is 5.39 Å². The molecule has 3 rings (SSSR count). The first-order chi connectivity index (χ1) is 10.7. The number of nitrogens with zero attached hydrogens (tertiary/aromatic N) is 3. The van der Waals surface area contributed by atoms with Crippen LogP contribution in [0.25, 0.3) is 10.8 Å². The summed E-state index contributed by atoms with van der Waals surface area (Å²) < 4.78 is 1.43. The van der Waals surface area contributed by atoms with Crippen LogP contribution in [0.1, 0.15) is 43.1 Å². The van der Waals surface area contributed by atoms with E-state index < -0.39 is 0 Å². The van der Waals surface area contributed by atoms with Crippen molar-refractivity contribution >= 4 is 16.7 Å². The number of rotatable bonds is 3. The van der Waals surface area contributed by atoms with Gasteiger partial charge < -0.3 is 4.90 Å². The van der Waals surface area contributed by atoms with E-state index in [2.05, 4.69) is 5.10 Å². The molecule has 1 aromatic carbocycles. The molecule has 2 heterocycles. The summed E-state index contributed by atoms with van der Waals surface area (Å²) in [4.78, 5) is 27.1. The Labute approximate surface area is 129 Å². The Morgan fingerprint density at radius 1 is 1.14 bits per heavy atom. The number of amides is 1. The minimum absolute atomic E-state index is 0.0549. The Morgan fingerprint density at radius 2 is 1.82 bits per heavy atom. The molecule has 0 radical (unpaired) electrons. The van der Waals surface area contributed by atoms with Crippen LogP contribution in [0, 0.1) is 0 Å². The Balaban J connectivity index is 2.13. The maximum Gasteiger partial charge on any atom is 0.274 e. The van der Waals surface area contributed by atoms with Crippen LogP contribution in [0.2, 0.25) is 0 Å². The number of fused-ring (bicyclic) bond motifs is 1. The van der Waals surface area contributed by atoms with E-state index >= 15 is 0 Å². The minimum atomic E-state index is -0.118. The van der Waals surface area contributed by atoms with E-state index in [9.17, 15) is 9.59 Å². The molecule has 0 aliphatic carbocycles. The summed E-state index contributed by atoms with van der Waals surface area (Å²) in [5.74, 6) is -0.0549. The van der Waals surface area contributed by atoms with Crippen molar-refractivity contribution in [3.8, 4) is 0 Å². The van der Waals surface area contributed by atoms with Crippen LogP contribution in [0.3, 0.4) is 0 Å². The zero-order valence-corrected chi connectivity index (χ0v) is 12.9. The molecule has 0 N–H and O–H groups in total. The first kappa shape index (κ1) is 14.8. The van der Waals surface area contributed by atoms with Gasteiger partial charge in [-0.05, 0) is 31.7 Å². The van der Waals surface area contributed by atoms with Crippen molar-refractivity contribution in [2.75, 3.05) is 13.1 Å². The second-order valence-electron chi connectivity index (χ2n) is 5.78. The monoisotopic (exact) mass is 299 g/mol. The summed E-state index contributed by atoms with van der Waals surface area (Å²) in [6.45, 7) is 4.09. The first-order valence-corrected chi connectivity index (χ1v) is 8.01. The molecule has 1 aliphatic rings. The van der Waals surface area contributed by atoms with Crippen molar-refractivity contribution in [3.63, 3.8) is 0 Å². The van der Waals surface area contributed by atoms with E-state index in [-0.39, 0.29) is 11.5 Å². The maximum atomic E-state index is 12.8. The Bertz CT molecular complexity index is 745. The number of hydrogen-bond acceptors (Lipinski definition) is 3. The van der Waals surface area contributed by atoms with Crippen LogP contribution >= 0.6 is 0 Å². The van der Waals surface area contributed by atoms with Gasteiger partial charge in [-0.3, -0.25) is 9.59 Å². The molecule has 0 atom stereocenters. The lowest BCUT2D eigenvalue weighted by Crippen LogP contribution is -2.37. The van der Waals surface area contributed by atoms with Gasteiger partial charge in [-0.2, -0.15) is 5.10 Å². The SMILES string of the molecule is CCCn1nc(C(=O)N2CCCCC2)c2ccccc2c1=O. The number of benzene rings is 1. The summed E-state index contributed by atoms with van der Waals surface area (Å²) in [6, 6.07) is 7.27. The van der Waals surface area contributed by atoms with Gasteiger partial charge in [0.1, 0.15) is 0 Å². The largest absolute Gasteiger partial charge is 0.337 e. The highest BCUT2D eigenvalue weighted by Gasteiger charge is 2.23. The van der Waals surface area contributed by atoms with Gasteiger partial charge in [0.15, 0.2) is 5.69 Å². The van der Waals surface area contributed by atoms with Gasteiger partial charge in [0.25, 0.3) is 11.5 Å². The quantitative estimate of drug-likeness (QED) is 0.874.